The molecule has 2 aromatic rings. The number of hydrogen-bond acceptors (Lipinski definition) is 4. The molecule has 1 heterocycles. The highest BCUT2D eigenvalue weighted by Gasteiger charge is 2.34. The van der Waals surface area contributed by atoms with Crippen LogP contribution in [0, 0.1) is 0 Å². The number of rotatable bonds is 4. The summed E-state index contributed by atoms with van der Waals surface area (Å²) in [4.78, 5) is 14.5. The fourth-order valence-electron chi connectivity index (χ4n) is 2.11. The molecule has 0 bridgehead atoms. The average molecular weight is 487 g/mol. The zero-order valence-corrected chi connectivity index (χ0v) is 18.8. The Morgan fingerprint density at radius 3 is 1.74 bits per heavy atom. The summed E-state index contributed by atoms with van der Waals surface area (Å²) in [5.41, 5.74) is 2.43. The van der Waals surface area contributed by atoms with E-state index >= 15 is 0 Å². The van der Waals surface area contributed by atoms with Crippen LogP contribution in [0.3, 0.4) is 0 Å². The summed E-state index contributed by atoms with van der Waals surface area (Å²) >= 11 is 35.6. The normalized spacial score (nSPS) is 12.8. The molecule has 2 rings (SSSR count). The first-order valence-corrected chi connectivity index (χ1v) is 9.71. The van der Waals surface area contributed by atoms with Crippen molar-refractivity contribution in [2.75, 3.05) is 19.0 Å². The lowest BCUT2D eigenvalue weighted by molar-refractivity contribution is 0.831. The third-order valence-corrected chi connectivity index (χ3v) is 4.38. The van der Waals surface area contributed by atoms with Gasteiger partial charge in [0.2, 0.25) is 7.59 Å². The van der Waals surface area contributed by atoms with E-state index < -0.39 is 7.59 Å². The summed E-state index contributed by atoms with van der Waals surface area (Å²) < 4.78 is -3.84. The van der Waals surface area contributed by atoms with Gasteiger partial charge in [0.1, 0.15) is 0 Å². The van der Waals surface area contributed by atoms with E-state index in [9.17, 15) is 0 Å². The van der Waals surface area contributed by atoms with Crippen molar-refractivity contribution < 1.29 is 0 Å². The van der Waals surface area contributed by atoms with Gasteiger partial charge in [-0.1, -0.05) is 100 Å². The molecule has 1 aromatic heterocycles. The fraction of sp³-hybridized carbons (Fsp3) is 0.235. The topological polar surface area (TPSA) is 41.9 Å². The van der Waals surface area contributed by atoms with Crippen LogP contribution >= 0.6 is 69.6 Å². The second-order valence-corrected chi connectivity index (χ2v) is 10.1. The van der Waals surface area contributed by atoms with E-state index in [0.29, 0.717) is 5.57 Å². The Kier molecular flexibility index (Phi) is 7.28. The fourth-order valence-corrected chi connectivity index (χ4v) is 2.61. The van der Waals surface area contributed by atoms with Crippen molar-refractivity contribution in [1.29, 1.82) is 0 Å². The van der Waals surface area contributed by atoms with Gasteiger partial charge in [0.05, 0.1) is 0 Å². The van der Waals surface area contributed by atoms with Gasteiger partial charge in [0, 0.05) is 25.4 Å². The lowest BCUT2D eigenvalue weighted by Crippen LogP contribution is -2.18. The molecule has 0 amide bonds. The van der Waals surface area contributed by atoms with Gasteiger partial charge in [0.25, 0.3) is 0 Å². The number of allylic oxidation sites excluding steroid dienone is 2. The molecule has 0 saturated heterocycles. The Morgan fingerprint density at radius 2 is 1.37 bits per heavy atom. The van der Waals surface area contributed by atoms with Crippen molar-refractivity contribution in [2.24, 2.45) is 0 Å². The molecule has 4 nitrogen and oxygen atoms in total. The molecule has 0 saturated carbocycles. The van der Waals surface area contributed by atoms with Crippen LogP contribution in [0.4, 0.5) is 5.69 Å². The second-order valence-electron chi connectivity index (χ2n) is 5.56. The monoisotopic (exact) mass is 484 g/mol. The largest absolute Gasteiger partial charge is 0.378 e. The first-order chi connectivity index (χ1) is 12.4. The van der Waals surface area contributed by atoms with Crippen molar-refractivity contribution in [1.82, 2.24) is 15.0 Å². The van der Waals surface area contributed by atoms with Gasteiger partial charge < -0.3 is 4.90 Å². The Labute approximate surface area is 187 Å². The van der Waals surface area contributed by atoms with Crippen LogP contribution in [-0.4, -0.2) is 29.0 Å². The number of anilines is 1. The highest BCUT2D eigenvalue weighted by Crippen LogP contribution is 2.40. The molecule has 0 radical (unpaired) electrons. The van der Waals surface area contributed by atoms with Crippen LogP contribution in [-0.2, 0) is 7.59 Å². The Balaban J connectivity index is 2.66. The number of aromatic nitrogens is 3. The lowest BCUT2D eigenvalue weighted by atomic mass is 10.0. The molecule has 27 heavy (non-hydrogen) atoms. The Bertz CT molecular complexity index is 819. The van der Waals surface area contributed by atoms with Crippen LogP contribution in [0.5, 0.6) is 0 Å². The van der Waals surface area contributed by atoms with Crippen molar-refractivity contribution in [3.63, 3.8) is 0 Å². The molecule has 0 aliphatic carbocycles. The number of hydrogen-bond donors (Lipinski definition) is 0. The quantitative estimate of drug-likeness (QED) is 0.380. The number of halogens is 6. The molecule has 0 fully saturated rings. The zero-order valence-electron chi connectivity index (χ0n) is 14.2. The van der Waals surface area contributed by atoms with Crippen molar-refractivity contribution in [3.8, 4) is 0 Å². The van der Waals surface area contributed by atoms with Crippen LogP contribution in [0.1, 0.15) is 23.0 Å². The van der Waals surface area contributed by atoms with Gasteiger partial charge in [-0.2, -0.15) is 0 Å². The van der Waals surface area contributed by atoms with Crippen LogP contribution in [0.15, 0.2) is 43.0 Å². The molecule has 0 spiro atoms. The second kappa shape index (κ2) is 8.73. The molecule has 0 aliphatic rings. The van der Waals surface area contributed by atoms with Crippen LogP contribution < -0.4 is 4.90 Å². The SMILES string of the molecule is C=C/C=C(\c1ccc(N(C)C)cc1)c1nc(C(Cl)(Cl)Cl)nc(C(Cl)(Cl)Cl)n1. The maximum atomic E-state index is 5.94. The van der Waals surface area contributed by atoms with E-state index in [4.69, 9.17) is 69.6 Å². The van der Waals surface area contributed by atoms with Gasteiger partial charge in [-0.3, -0.25) is 0 Å². The van der Waals surface area contributed by atoms with Gasteiger partial charge in [-0.15, -0.1) is 0 Å². The van der Waals surface area contributed by atoms with Gasteiger partial charge in [-0.25, -0.2) is 15.0 Å². The van der Waals surface area contributed by atoms with Crippen molar-refractivity contribution in [2.45, 2.75) is 7.59 Å². The number of benzene rings is 1. The lowest BCUT2D eigenvalue weighted by Gasteiger charge is -2.17. The summed E-state index contributed by atoms with van der Waals surface area (Å²) in [6.07, 6.45) is 3.30. The van der Waals surface area contributed by atoms with E-state index in [0.717, 1.165) is 11.3 Å². The molecular weight excluding hydrogens is 473 g/mol. The van der Waals surface area contributed by atoms with Crippen LogP contribution in [0.25, 0.3) is 5.57 Å². The molecule has 10 heteroatoms. The number of nitrogens with zero attached hydrogens (tertiary/aromatic N) is 4. The smallest absolute Gasteiger partial charge is 0.250 e. The third kappa shape index (κ3) is 5.86. The summed E-state index contributed by atoms with van der Waals surface area (Å²) in [7, 11) is 3.89. The highest BCUT2D eigenvalue weighted by molar-refractivity contribution is 6.67. The summed E-state index contributed by atoms with van der Waals surface area (Å²) in [5.74, 6) is -0.123. The van der Waals surface area contributed by atoms with Crippen molar-refractivity contribution in [3.05, 3.63) is 66.0 Å². The zero-order chi connectivity index (χ0) is 20.4. The summed E-state index contributed by atoms with van der Waals surface area (Å²) in [5, 5.41) is 0. The van der Waals surface area contributed by atoms with E-state index in [1.54, 1.807) is 12.2 Å². The Hall–Kier alpha value is -0.750. The molecule has 144 valence electrons. The minimum Gasteiger partial charge on any atom is -0.378 e. The van der Waals surface area contributed by atoms with Gasteiger partial charge in [-0.05, 0) is 17.7 Å². The van der Waals surface area contributed by atoms with E-state index in [1.165, 1.54) is 0 Å². The molecular formula is C17H14Cl6N4. The van der Waals surface area contributed by atoms with Gasteiger partial charge >= 0.3 is 0 Å². The van der Waals surface area contributed by atoms with Gasteiger partial charge in [0.15, 0.2) is 17.5 Å². The minimum absolute atomic E-state index is 0.154. The van der Waals surface area contributed by atoms with E-state index in [-0.39, 0.29) is 17.5 Å². The average Bonchev–Trinajstić information content (AvgIpc) is 2.58. The molecule has 0 aliphatic heterocycles. The van der Waals surface area contributed by atoms with Crippen LogP contribution in [0.2, 0.25) is 0 Å². The molecule has 0 unspecified atom stereocenters. The minimum atomic E-state index is -1.92. The first kappa shape index (κ1) is 22.5. The summed E-state index contributed by atoms with van der Waals surface area (Å²) in [6.45, 7) is 3.73. The van der Waals surface area contributed by atoms with E-state index in [1.807, 2.05) is 43.3 Å². The predicted molar refractivity (Wildman–Crippen MR) is 116 cm³/mol. The predicted octanol–water partition coefficient (Wildman–Crippen LogP) is 6.21. The maximum Gasteiger partial charge on any atom is 0.250 e. The summed E-state index contributed by atoms with van der Waals surface area (Å²) in [6, 6.07) is 7.69. The molecule has 0 atom stereocenters. The van der Waals surface area contributed by atoms with Crippen molar-refractivity contribution >= 4 is 80.9 Å². The number of alkyl halides is 6. The highest BCUT2D eigenvalue weighted by atomic mass is 35.6. The molecule has 0 N–H and O–H groups in total. The first-order valence-electron chi connectivity index (χ1n) is 7.45. The maximum absolute atomic E-state index is 5.94. The standard InChI is InChI=1S/C17H14Cl6N4/c1-4-5-12(10-6-8-11(9-7-10)27(2)3)13-24-14(16(18,19)20)26-15(25-13)17(21,22)23/h4-9H,1H2,2-3H3/b12-5+. The molecule has 1 aromatic carbocycles. The Morgan fingerprint density at radius 1 is 0.889 bits per heavy atom. The van der Waals surface area contributed by atoms with E-state index in [2.05, 4.69) is 21.5 Å². The third-order valence-electron chi connectivity index (χ3n) is 3.36.